The number of nitrogens with zero attached hydrogens (tertiary/aromatic N) is 1. The van der Waals surface area contributed by atoms with Gasteiger partial charge in [0.25, 0.3) is 0 Å². The van der Waals surface area contributed by atoms with Crippen molar-refractivity contribution in [1.82, 2.24) is 0 Å². The summed E-state index contributed by atoms with van der Waals surface area (Å²) >= 11 is 4.14. The van der Waals surface area contributed by atoms with Crippen molar-refractivity contribution in [2.45, 2.75) is 0 Å². The highest BCUT2D eigenvalue weighted by Gasteiger charge is 2.03. The van der Waals surface area contributed by atoms with Gasteiger partial charge in [0.2, 0.25) is 0 Å². The molecule has 4 heteroatoms. The molecule has 1 rings (SSSR count). The summed E-state index contributed by atoms with van der Waals surface area (Å²) < 4.78 is 7.66. The summed E-state index contributed by atoms with van der Waals surface area (Å²) in [6.07, 6.45) is 1.40. The Morgan fingerprint density at radius 2 is 2.56 bits per heavy atom. The minimum Gasteiger partial charge on any atom is -0.459 e. The molecule has 1 aromatic rings. The normalized spacial score (nSPS) is 8.89. The third-order valence-electron chi connectivity index (χ3n) is 0.815. The molecular weight excluding hydrogens is 138 g/mol. The van der Waals surface area contributed by atoms with Gasteiger partial charge in [0.05, 0.1) is 6.26 Å². The SMILES string of the molecule is O=C(N=S)c1ccco1. The zero-order valence-electron chi connectivity index (χ0n) is 4.40. The second kappa shape index (κ2) is 2.50. The lowest BCUT2D eigenvalue weighted by molar-refractivity contribution is 0.0979. The number of furan rings is 1. The van der Waals surface area contributed by atoms with Gasteiger partial charge >= 0.3 is 5.91 Å². The van der Waals surface area contributed by atoms with E-state index in [1.165, 1.54) is 12.3 Å². The quantitative estimate of drug-likeness (QED) is 0.589. The lowest BCUT2D eigenvalue weighted by Crippen LogP contribution is -1.87. The third kappa shape index (κ3) is 1.20. The first kappa shape index (κ1) is 6.10. The first-order valence-corrected chi connectivity index (χ1v) is 2.62. The van der Waals surface area contributed by atoms with E-state index in [1.54, 1.807) is 6.07 Å². The third-order valence-corrected chi connectivity index (χ3v) is 0.981. The number of rotatable bonds is 1. The molecule has 1 amide bonds. The van der Waals surface area contributed by atoms with Gasteiger partial charge in [-0.05, 0) is 12.1 Å². The standard InChI is InChI=1S/C5H3NO2S/c7-5(6-9)4-2-1-3-8-4/h1-3H. The predicted molar refractivity (Wildman–Crippen MR) is 32.8 cm³/mol. The Bertz CT molecular complexity index is 217. The summed E-state index contributed by atoms with van der Waals surface area (Å²) in [6.45, 7) is 0. The molecule has 0 N–H and O–H groups in total. The average molecular weight is 141 g/mol. The second-order valence-corrected chi connectivity index (χ2v) is 1.56. The molecule has 0 spiro atoms. The van der Waals surface area contributed by atoms with Crippen LogP contribution in [0.4, 0.5) is 0 Å². The second-order valence-electron chi connectivity index (χ2n) is 1.37. The minimum absolute atomic E-state index is 0.185. The number of hydrogen-bond acceptors (Lipinski definition) is 3. The van der Waals surface area contributed by atoms with Crippen molar-refractivity contribution in [2.75, 3.05) is 0 Å². The highest BCUT2D eigenvalue weighted by Crippen LogP contribution is 2.00. The molecule has 46 valence electrons. The summed E-state index contributed by atoms with van der Waals surface area (Å²) in [4.78, 5) is 10.5. The molecule has 0 radical (unpaired) electrons. The van der Waals surface area contributed by atoms with Crippen molar-refractivity contribution >= 4 is 18.3 Å². The number of hydrogen-bond donors (Lipinski definition) is 0. The molecule has 0 bridgehead atoms. The average Bonchev–Trinajstić information content (AvgIpc) is 2.37. The largest absolute Gasteiger partial charge is 0.459 e. The van der Waals surface area contributed by atoms with Crippen molar-refractivity contribution in [2.24, 2.45) is 4.36 Å². The maximum atomic E-state index is 10.5. The summed E-state index contributed by atoms with van der Waals surface area (Å²) in [5.41, 5.74) is 0. The van der Waals surface area contributed by atoms with Crippen molar-refractivity contribution < 1.29 is 9.21 Å². The van der Waals surface area contributed by atoms with Gasteiger partial charge < -0.3 is 4.42 Å². The summed E-state index contributed by atoms with van der Waals surface area (Å²) in [5.74, 6) is -0.319. The van der Waals surface area contributed by atoms with Crippen LogP contribution in [0.5, 0.6) is 0 Å². The Balaban J connectivity index is 2.89. The van der Waals surface area contributed by atoms with Crippen LogP contribution >= 0.6 is 0 Å². The molecule has 0 saturated heterocycles. The molecule has 0 aliphatic heterocycles. The lowest BCUT2D eigenvalue weighted by Gasteiger charge is -1.79. The van der Waals surface area contributed by atoms with Crippen LogP contribution in [0.15, 0.2) is 27.2 Å². The fourth-order valence-corrected chi connectivity index (χ4v) is 0.535. The van der Waals surface area contributed by atoms with Crippen molar-refractivity contribution in [3.63, 3.8) is 0 Å². The molecule has 1 aromatic heterocycles. The molecule has 1 heterocycles. The molecule has 0 aliphatic rings. The Labute approximate surface area is 56.8 Å². The maximum Gasteiger partial charge on any atom is 0.323 e. The number of carbonyl (C=O) groups excluding carboxylic acids is 1. The molecule has 0 atom stereocenters. The number of carbonyl (C=O) groups is 1. The van der Waals surface area contributed by atoms with Crippen LogP contribution in [0, 0.1) is 0 Å². The Kier molecular flexibility index (Phi) is 1.69. The topological polar surface area (TPSA) is 42.6 Å². The Hall–Kier alpha value is -1.03. The van der Waals surface area contributed by atoms with E-state index >= 15 is 0 Å². The molecule has 0 saturated carbocycles. The van der Waals surface area contributed by atoms with Gasteiger partial charge in [-0.25, -0.2) is 0 Å². The van der Waals surface area contributed by atoms with Crippen LogP contribution in [0.25, 0.3) is 0 Å². The van der Waals surface area contributed by atoms with E-state index in [-0.39, 0.29) is 5.76 Å². The van der Waals surface area contributed by atoms with Gasteiger partial charge in [0.1, 0.15) is 0 Å². The van der Waals surface area contributed by atoms with Crippen molar-refractivity contribution in [3.8, 4) is 0 Å². The summed E-state index contributed by atoms with van der Waals surface area (Å²) in [6, 6.07) is 3.12. The van der Waals surface area contributed by atoms with E-state index in [1.807, 2.05) is 0 Å². The molecule has 0 fully saturated rings. The van der Waals surface area contributed by atoms with Gasteiger partial charge in [-0.1, -0.05) is 0 Å². The van der Waals surface area contributed by atoms with E-state index in [0.717, 1.165) is 0 Å². The van der Waals surface area contributed by atoms with Crippen LogP contribution in [0.2, 0.25) is 0 Å². The fourth-order valence-electron chi connectivity index (χ4n) is 0.445. The van der Waals surface area contributed by atoms with Crippen LogP contribution in [-0.4, -0.2) is 5.91 Å². The first-order valence-electron chi connectivity index (χ1n) is 2.26. The Morgan fingerprint density at radius 3 is 3.00 bits per heavy atom. The fraction of sp³-hybridized carbons (Fsp3) is 0. The van der Waals surface area contributed by atoms with Gasteiger partial charge in [-0.15, -0.1) is 4.36 Å². The van der Waals surface area contributed by atoms with Crippen LogP contribution in [0.3, 0.4) is 0 Å². The predicted octanol–water partition coefficient (Wildman–Crippen LogP) is 1.15. The summed E-state index contributed by atoms with van der Waals surface area (Å²) in [5, 5.41) is 0. The van der Waals surface area contributed by atoms with E-state index in [9.17, 15) is 4.79 Å². The first-order chi connectivity index (χ1) is 4.34. The van der Waals surface area contributed by atoms with E-state index in [0.29, 0.717) is 0 Å². The Morgan fingerprint density at radius 1 is 1.78 bits per heavy atom. The van der Waals surface area contributed by atoms with Gasteiger partial charge in [-0.2, -0.15) is 0 Å². The van der Waals surface area contributed by atoms with Gasteiger partial charge in [0, 0.05) is 12.4 Å². The molecule has 0 unspecified atom stereocenters. The van der Waals surface area contributed by atoms with Crippen molar-refractivity contribution in [1.29, 1.82) is 0 Å². The highest BCUT2D eigenvalue weighted by molar-refractivity contribution is 7.47. The van der Waals surface area contributed by atoms with Gasteiger partial charge in [0.15, 0.2) is 5.76 Å². The van der Waals surface area contributed by atoms with E-state index in [2.05, 4.69) is 21.2 Å². The number of amides is 1. The maximum absolute atomic E-state index is 10.5. The van der Waals surface area contributed by atoms with E-state index < -0.39 is 5.91 Å². The highest BCUT2D eigenvalue weighted by atomic mass is 32.1. The lowest BCUT2D eigenvalue weighted by atomic mass is 10.4. The van der Waals surface area contributed by atoms with Crippen LogP contribution < -0.4 is 0 Å². The van der Waals surface area contributed by atoms with Crippen LogP contribution in [0.1, 0.15) is 10.6 Å². The smallest absolute Gasteiger partial charge is 0.323 e. The zero-order valence-corrected chi connectivity index (χ0v) is 5.22. The molecule has 0 aromatic carbocycles. The van der Waals surface area contributed by atoms with Crippen molar-refractivity contribution in [3.05, 3.63) is 24.2 Å². The van der Waals surface area contributed by atoms with Gasteiger partial charge in [-0.3, -0.25) is 4.79 Å². The van der Waals surface area contributed by atoms with E-state index in [4.69, 9.17) is 0 Å². The minimum atomic E-state index is -0.505. The zero-order chi connectivity index (χ0) is 6.69. The monoisotopic (exact) mass is 141 g/mol. The molecular formula is C5H3NO2S. The van der Waals surface area contributed by atoms with Crippen LogP contribution in [-0.2, 0) is 12.4 Å². The molecule has 3 nitrogen and oxygen atoms in total. The molecule has 9 heavy (non-hydrogen) atoms. The molecule has 0 aliphatic carbocycles. The summed E-state index contributed by atoms with van der Waals surface area (Å²) in [7, 11) is 0.